The molecule has 20 heavy (non-hydrogen) atoms. The van der Waals surface area contributed by atoms with Gasteiger partial charge in [0.1, 0.15) is 5.82 Å². The quantitative estimate of drug-likeness (QED) is 0.718. The first-order valence-electron chi connectivity index (χ1n) is 7.33. The number of carbonyl (C=O) groups is 1. The van der Waals surface area contributed by atoms with Crippen LogP contribution in [0.25, 0.3) is 0 Å². The van der Waals surface area contributed by atoms with Crippen LogP contribution in [0.4, 0.5) is 4.39 Å². The Hall–Kier alpha value is -1.42. The Balaban J connectivity index is 2.40. The van der Waals surface area contributed by atoms with Gasteiger partial charge in [0.2, 0.25) is 5.91 Å². The molecule has 1 rings (SSSR count). The molecule has 1 amide bonds. The Morgan fingerprint density at radius 2 is 2.05 bits per heavy atom. The van der Waals surface area contributed by atoms with Gasteiger partial charge in [-0.15, -0.1) is 0 Å². The second-order valence-electron chi connectivity index (χ2n) is 5.16. The third kappa shape index (κ3) is 5.70. The molecule has 0 fully saturated rings. The largest absolute Gasteiger partial charge is 0.355 e. The summed E-state index contributed by atoms with van der Waals surface area (Å²) in [7, 11) is 0. The molecular formula is C16H25FN2O. The van der Waals surface area contributed by atoms with Gasteiger partial charge in [-0.3, -0.25) is 10.1 Å². The average molecular weight is 280 g/mol. The summed E-state index contributed by atoms with van der Waals surface area (Å²) in [6.07, 6.45) is 3.27. The highest BCUT2D eigenvalue weighted by atomic mass is 19.1. The maximum atomic E-state index is 13.2. The number of hydrogen-bond donors (Lipinski definition) is 2. The Morgan fingerprint density at radius 3 is 2.70 bits per heavy atom. The molecular weight excluding hydrogens is 255 g/mol. The molecule has 0 aliphatic rings. The maximum Gasteiger partial charge on any atom is 0.236 e. The maximum absolute atomic E-state index is 13.2. The summed E-state index contributed by atoms with van der Waals surface area (Å²) in [5, 5.41) is 6.10. The van der Waals surface area contributed by atoms with Gasteiger partial charge in [-0.25, -0.2) is 4.39 Å². The number of unbranched alkanes of at least 4 members (excludes halogenated alkanes) is 2. The molecule has 4 heteroatoms. The number of hydrogen-bond acceptors (Lipinski definition) is 2. The van der Waals surface area contributed by atoms with Crippen LogP contribution < -0.4 is 10.6 Å². The van der Waals surface area contributed by atoms with Crippen LogP contribution in [-0.4, -0.2) is 18.5 Å². The van der Waals surface area contributed by atoms with Gasteiger partial charge in [-0.1, -0.05) is 31.9 Å². The highest BCUT2D eigenvalue weighted by Gasteiger charge is 2.15. The lowest BCUT2D eigenvalue weighted by Crippen LogP contribution is -2.43. The van der Waals surface area contributed by atoms with Gasteiger partial charge in [0.15, 0.2) is 0 Å². The van der Waals surface area contributed by atoms with Gasteiger partial charge in [0.25, 0.3) is 0 Å². The van der Waals surface area contributed by atoms with Crippen molar-refractivity contribution >= 4 is 5.91 Å². The minimum absolute atomic E-state index is 0.00986. The first kappa shape index (κ1) is 16.6. The van der Waals surface area contributed by atoms with Gasteiger partial charge in [0, 0.05) is 12.6 Å². The van der Waals surface area contributed by atoms with Crippen molar-refractivity contribution in [1.82, 2.24) is 10.6 Å². The molecule has 0 spiro atoms. The van der Waals surface area contributed by atoms with Gasteiger partial charge >= 0.3 is 0 Å². The highest BCUT2D eigenvalue weighted by molar-refractivity contribution is 5.81. The Morgan fingerprint density at radius 1 is 1.30 bits per heavy atom. The Bertz CT molecular complexity index is 423. The lowest BCUT2D eigenvalue weighted by Gasteiger charge is -2.20. The highest BCUT2D eigenvalue weighted by Crippen LogP contribution is 2.14. The molecule has 0 bridgehead atoms. The zero-order chi connectivity index (χ0) is 15.0. The zero-order valence-electron chi connectivity index (χ0n) is 12.6. The topological polar surface area (TPSA) is 41.1 Å². The van der Waals surface area contributed by atoms with E-state index in [-0.39, 0.29) is 23.8 Å². The molecule has 3 nitrogen and oxygen atoms in total. The minimum atomic E-state index is -0.296. The van der Waals surface area contributed by atoms with E-state index in [9.17, 15) is 9.18 Å². The first-order valence-corrected chi connectivity index (χ1v) is 7.33. The van der Waals surface area contributed by atoms with Crippen LogP contribution in [0.15, 0.2) is 24.3 Å². The van der Waals surface area contributed by atoms with E-state index in [1.807, 2.05) is 19.9 Å². The summed E-state index contributed by atoms with van der Waals surface area (Å²) in [6, 6.07) is 6.08. The molecule has 0 aliphatic heterocycles. The summed E-state index contributed by atoms with van der Waals surface area (Å²) in [6.45, 7) is 6.60. The summed E-state index contributed by atoms with van der Waals surface area (Å²) >= 11 is 0. The molecule has 0 saturated heterocycles. The second-order valence-corrected chi connectivity index (χ2v) is 5.16. The Labute approximate surface area is 121 Å². The van der Waals surface area contributed by atoms with E-state index in [0.717, 1.165) is 24.8 Å². The van der Waals surface area contributed by atoms with E-state index in [0.29, 0.717) is 6.54 Å². The predicted octanol–water partition coefficient (Wildman–Crippen LogP) is 3.17. The van der Waals surface area contributed by atoms with E-state index in [1.165, 1.54) is 12.1 Å². The monoisotopic (exact) mass is 280 g/mol. The molecule has 0 aromatic heterocycles. The van der Waals surface area contributed by atoms with Gasteiger partial charge < -0.3 is 5.32 Å². The van der Waals surface area contributed by atoms with Crippen LogP contribution in [0.2, 0.25) is 0 Å². The van der Waals surface area contributed by atoms with Crippen LogP contribution >= 0.6 is 0 Å². The summed E-state index contributed by atoms with van der Waals surface area (Å²) in [4.78, 5) is 11.9. The molecule has 0 heterocycles. The average Bonchev–Trinajstić information content (AvgIpc) is 2.43. The van der Waals surface area contributed by atoms with E-state index in [4.69, 9.17) is 0 Å². The number of amides is 1. The van der Waals surface area contributed by atoms with Crippen LogP contribution in [0.5, 0.6) is 0 Å². The SMILES string of the molecule is CCCCCNC(=O)C(C)NC(C)c1cccc(F)c1. The number of halogens is 1. The lowest BCUT2D eigenvalue weighted by molar-refractivity contribution is -0.122. The number of carbonyl (C=O) groups excluding carboxylic acids is 1. The van der Waals surface area contributed by atoms with Gasteiger partial charge in [-0.05, 0) is 38.0 Å². The third-order valence-electron chi connectivity index (χ3n) is 3.32. The van der Waals surface area contributed by atoms with E-state index >= 15 is 0 Å². The molecule has 0 saturated carbocycles. The molecule has 1 aromatic carbocycles. The molecule has 2 N–H and O–H groups in total. The molecule has 112 valence electrons. The molecule has 0 aliphatic carbocycles. The second kappa shape index (κ2) is 8.69. The van der Waals surface area contributed by atoms with E-state index < -0.39 is 0 Å². The number of benzene rings is 1. The number of rotatable bonds is 8. The normalized spacial score (nSPS) is 13.8. The summed E-state index contributed by atoms with van der Waals surface area (Å²) < 4.78 is 13.2. The molecule has 2 unspecified atom stereocenters. The molecule has 0 radical (unpaired) electrons. The van der Waals surface area contributed by atoms with Crippen molar-refractivity contribution in [2.75, 3.05) is 6.54 Å². The molecule has 1 aromatic rings. The van der Waals surface area contributed by atoms with Crippen molar-refractivity contribution < 1.29 is 9.18 Å². The summed E-state index contributed by atoms with van der Waals surface area (Å²) in [5.41, 5.74) is 0.843. The van der Waals surface area contributed by atoms with Crippen LogP contribution in [0.3, 0.4) is 0 Å². The van der Waals surface area contributed by atoms with Gasteiger partial charge in [0.05, 0.1) is 6.04 Å². The standard InChI is InChI=1S/C16H25FN2O/c1-4-5-6-10-18-16(20)13(3)19-12(2)14-8-7-9-15(17)11-14/h7-9,11-13,19H,4-6,10H2,1-3H3,(H,18,20). The van der Waals surface area contributed by atoms with Crippen LogP contribution in [0.1, 0.15) is 51.6 Å². The minimum Gasteiger partial charge on any atom is -0.355 e. The fourth-order valence-corrected chi connectivity index (χ4v) is 2.06. The fraction of sp³-hybridized carbons (Fsp3) is 0.562. The van der Waals surface area contributed by atoms with Gasteiger partial charge in [-0.2, -0.15) is 0 Å². The lowest BCUT2D eigenvalue weighted by atomic mass is 10.1. The smallest absolute Gasteiger partial charge is 0.236 e. The van der Waals surface area contributed by atoms with Crippen molar-refractivity contribution in [1.29, 1.82) is 0 Å². The van der Waals surface area contributed by atoms with Crippen LogP contribution in [-0.2, 0) is 4.79 Å². The summed E-state index contributed by atoms with van der Waals surface area (Å²) in [5.74, 6) is -0.267. The van der Waals surface area contributed by atoms with Crippen molar-refractivity contribution in [3.63, 3.8) is 0 Å². The van der Waals surface area contributed by atoms with E-state index in [2.05, 4.69) is 17.6 Å². The van der Waals surface area contributed by atoms with Crippen LogP contribution in [0, 0.1) is 5.82 Å². The third-order valence-corrected chi connectivity index (χ3v) is 3.32. The van der Waals surface area contributed by atoms with Crippen molar-refractivity contribution in [3.8, 4) is 0 Å². The van der Waals surface area contributed by atoms with Crippen molar-refractivity contribution in [3.05, 3.63) is 35.6 Å². The Kier molecular flexibility index (Phi) is 7.23. The predicted molar refractivity (Wildman–Crippen MR) is 79.9 cm³/mol. The van der Waals surface area contributed by atoms with Crippen molar-refractivity contribution in [2.45, 2.75) is 52.1 Å². The van der Waals surface area contributed by atoms with E-state index in [1.54, 1.807) is 6.07 Å². The molecule has 2 atom stereocenters. The first-order chi connectivity index (χ1) is 9.54. The fourth-order valence-electron chi connectivity index (χ4n) is 2.06. The number of nitrogens with one attached hydrogen (secondary N) is 2. The van der Waals surface area contributed by atoms with Crippen molar-refractivity contribution in [2.24, 2.45) is 0 Å². The zero-order valence-corrected chi connectivity index (χ0v) is 12.6.